The van der Waals surface area contributed by atoms with Gasteiger partial charge < -0.3 is 19.1 Å². The Morgan fingerprint density at radius 2 is 1.13 bits per heavy atom. The van der Waals surface area contributed by atoms with Crippen LogP contribution in [-0.2, 0) is 27.1 Å². The molecule has 0 atom stereocenters. The van der Waals surface area contributed by atoms with Crippen LogP contribution in [0.4, 0.5) is 28.4 Å². The predicted molar refractivity (Wildman–Crippen MR) is 291 cm³/mol. The third kappa shape index (κ3) is 6.14. The molecule has 4 nitrogen and oxygen atoms in total. The Labute approximate surface area is 408 Å². The summed E-state index contributed by atoms with van der Waals surface area (Å²) >= 11 is 0. The quantitative estimate of drug-likeness (QED) is 0.179. The first-order valence-corrected chi connectivity index (χ1v) is 25.3. The van der Waals surface area contributed by atoms with E-state index >= 15 is 0 Å². The minimum atomic E-state index is -0.179. The molecule has 0 bridgehead atoms. The van der Waals surface area contributed by atoms with E-state index in [0.717, 1.165) is 109 Å². The second-order valence-electron chi connectivity index (χ2n) is 24.2. The molecule has 9 aromatic rings. The van der Waals surface area contributed by atoms with Gasteiger partial charge in [-0.1, -0.05) is 135 Å². The largest absolute Gasteiger partial charge is 0.469 e. The first-order valence-electron chi connectivity index (χ1n) is 25.3. The summed E-state index contributed by atoms with van der Waals surface area (Å²) in [5.41, 5.74) is 24.4. The Bertz CT molecular complexity index is 3670. The fraction of sp³-hybridized carbons (Fsp3) is 0.312. The van der Waals surface area contributed by atoms with Crippen molar-refractivity contribution in [2.24, 2.45) is 0 Å². The lowest BCUT2D eigenvalue weighted by Crippen LogP contribution is -2.40. The van der Waals surface area contributed by atoms with Gasteiger partial charge in [0.2, 0.25) is 7.28 Å². The zero-order valence-corrected chi connectivity index (χ0v) is 42.2. The molecular weight excluding hydrogens is 840 g/mol. The van der Waals surface area contributed by atoms with Gasteiger partial charge in [-0.15, -0.1) is 0 Å². The summed E-state index contributed by atoms with van der Waals surface area (Å²) in [7, 11) is 2.34. The van der Waals surface area contributed by atoms with Crippen LogP contribution in [0.1, 0.15) is 134 Å². The van der Waals surface area contributed by atoms with E-state index in [4.69, 9.17) is 8.83 Å². The number of aryl methyl sites for hydroxylation is 1. The van der Waals surface area contributed by atoms with Crippen LogP contribution < -0.4 is 21.3 Å². The number of fused-ring (bicyclic) bond motifs is 13. The fourth-order valence-corrected chi connectivity index (χ4v) is 13.0. The van der Waals surface area contributed by atoms with Crippen molar-refractivity contribution >= 4 is 79.7 Å². The average Bonchev–Trinajstić information content (AvgIpc) is 3.95. The summed E-state index contributed by atoms with van der Waals surface area (Å²) in [6.07, 6.45) is 4.56. The fourth-order valence-electron chi connectivity index (χ4n) is 13.0. The molecule has 5 heteroatoms. The van der Waals surface area contributed by atoms with Gasteiger partial charge in [0, 0.05) is 44.2 Å². The van der Waals surface area contributed by atoms with Gasteiger partial charge in [0.15, 0.2) is 5.58 Å². The lowest BCUT2D eigenvalue weighted by atomic mass is 9.60. The van der Waals surface area contributed by atoms with Crippen molar-refractivity contribution in [2.45, 2.75) is 129 Å². The van der Waals surface area contributed by atoms with Crippen molar-refractivity contribution in [3.05, 3.63) is 160 Å². The zero-order valence-electron chi connectivity index (χ0n) is 42.2. The molecule has 13 rings (SSSR count). The number of para-hydroxylation sites is 1. The Morgan fingerprint density at radius 3 is 1.87 bits per heavy atom. The van der Waals surface area contributed by atoms with Crippen LogP contribution in [0.25, 0.3) is 55.2 Å². The molecule has 7 aromatic carbocycles. The van der Waals surface area contributed by atoms with Gasteiger partial charge in [0.1, 0.15) is 11.2 Å². The van der Waals surface area contributed by atoms with E-state index in [1.807, 2.05) is 0 Å². The number of hydrogen-bond acceptors (Lipinski definition) is 4. The Kier molecular flexibility index (Phi) is 8.70. The molecule has 0 amide bonds. The molecule has 4 aliphatic rings. The molecule has 0 saturated carbocycles. The van der Waals surface area contributed by atoms with Crippen molar-refractivity contribution in [3.8, 4) is 22.3 Å². The third-order valence-electron chi connectivity index (χ3n) is 17.5. The standard InChI is InChI=1S/C64H62BN2O2/c1-36-20-22-37(23-21-36)66-52-34-48-41(39-16-12-14-18-46(39)64(48,10)11)31-42(52)43-32-44-40-17-13-15-19-53(40)68-58(44)57-55(43)65-59-56(45-33-50-51(35-54(45)69-59)63(8,9)29-28-62(50,6)7)67(57)38-24-25-47-49(30-38)61(4,5)27-26-60(47,2)3/h12-25,30-35,66H,26-29H2,1-11H3. The molecule has 0 spiro atoms. The van der Waals surface area contributed by atoms with Crippen LogP contribution in [0.3, 0.4) is 0 Å². The van der Waals surface area contributed by atoms with Gasteiger partial charge in [-0.3, -0.25) is 0 Å². The summed E-state index contributed by atoms with van der Waals surface area (Å²) < 4.78 is 14.5. The van der Waals surface area contributed by atoms with E-state index in [1.54, 1.807) is 0 Å². The molecule has 1 N–H and O–H groups in total. The first-order chi connectivity index (χ1) is 32.8. The molecule has 1 aliphatic heterocycles. The molecule has 343 valence electrons. The summed E-state index contributed by atoms with van der Waals surface area (Å²) in [5.74, 6) is 0. The van der Waals surface area contributed by atoms with Gasteiger partial charge in [-0.05, 0) is 170 Å². The number of hydrogen-bond donors (Lipinski definition) is 1. The number of nitrogens with zero attached hydrogens (tertiary/aromatic N) is 1. The highest BCUT2D eigenvalue weighted by Gasteiger charge is 2.43. The van der Waals surface area contributed by atoms with E-state index in [2.05, 4.69) is 215 Å². The van der Waals surface area contributed by atoms with Gasteiger partial charge in [-0.25, -0.2) is 0 Å². The Balaban J connectivity index is 1.16. The summed E-state index contributed by atoms with van der Waals surface area (Å²) in [6.45, 7) is 26.3. The molecule has 69 heavy (non-hydrogen) atoms. The van der Waals surface area contributed by atoms with Gasteiger partial charge >= 0.3 is 0 Å². The van der Waals surface area contributed by atoms with E-state index in [0.29, 0.717) is 0 Å². The Morgan fingerprint density at radius 1 is 0.478 bits per heavy atom. The van der Waals surface area contributed by atoms with Crippen molar-refractivity contribution in [1.82, 2.24) is 0 Å². The van der Waals surface area contributed by atoms with Crippen molar-refractivity contribution in [1.29, 1.82) is 0 Å². The lowest BCUT2D eigenvalue weighted by molar-refractivity contribution is 0.332. The Hall–Kier alpha value is -6.46. The maximum atomic E-state index is 7.32. The van der Waals surface area contributed by atoms with Crippen LogP contribution >= 0.6 is 0 Å². The zero-order chi connectivity index (χ0) is 47.7. The van der Waals surface area contributed by atoms with Crippen LogP contribution in [-0.4, -0.2) is 7.28 Å². The summed E-state index contributed by atoms with van der Waals surface area (Å²) in [5, 5.41) is 7.32. The van der Waals surface area contributed by atoms with E-state index in [-0.39, 0.29) is 27.1 Å². The van der Waals surface area contributed by atoms with Crippen molar-refractivity contribution in [3.63, 3.8) is 0 Å². The summed E-state index contributed by atoms with van der Waals surface area (Å²) in [6, 6.07) is 45.8. The lowest BCUT2D eigenvalue weighted by Gasteiger charge is -2.43. The van der Waals surface area contributed by atoms with Crippen LogP contribution in [0.15, 0.2) is 130 Å². The highest BCUT2D eigenvalue weighted by Crippen LogP contribution is 2.56. The molecule has 3 aliphatic carbocycles. The van der Waals surface area contributed by atoms with Gasteiger partial charge in [-0.2, -0.15) is 0 Å². The minimum Gasteiger partial charge on any atom is -0.469 e. The highest BCUT2D eigenvalue weighted by molar-refractivity contribution is 6.73. The van der Waals surface area contributed by atoms with E-state index in [9.17, 15) is 0 Å². The minimum absolute atomic E-state index is 0.00312. The molecular formula is C64H62BN2O2. The van der Waals surface area contributed by atoms with E-state index in [1.165, 1.54) is 50.1 Å². The molecule has 0 unspecified atom stereocenters. The summed E-state index contributed by atoms with van der Waals surface area (Å²) in [4.78, 5) is 2.54. The van der Waals surface area contributed by atoms with Gasteiger partial charge in [0.25, 0.3) is 0 Å². The van der Waals surface area contributed by atoms with Gasteiger partial charge in [0.05, 0.1) is 17.0 Å². The number of rotatable bonds is 4. The van der Waals surface area contributed by atoms with E-state index < -0.39 is 0 Å². The number of nitrogens with one attached hydrogen (secondary N) is 1. The molecule has 0 fully saturated rings. The topological polar surface area (TPSA) is 41.6 Å². The van der Waals surface area contributed by atoms with Crippen LogP contribution in [0, 0.1) is 6.92 Å². The predicted octanol–water partition coefficient (Wildman–Crippen LogP) is 16.5. The monoisotopic (exact) mass is 901 g/mol. The molecule has 3 heterocycles. The highest BCUT2D eigenvalue weighted by atomic mass is 16.3. The second kappa shape index (κ2) is 14.1. The second-order valence-corrected chi connectivity index (χ2v) is 24.2. The maximum absolute atomic E-state index is 7.32. The normalized spacial score (nSPS) is 18.5. The molecule has 0 saturated heterocycles. The van der Waals surface area contributed by atoms with Crippen molar-refractivity contribution < 1.29 is 8.83 Å². The SMILES string of the molecule is Cc1ccc(Nc2cc3c(cc2-c2cc4c(oc5ccccc54)c4c2[B]c2oc5cc6c(cc5c2N4c2ccc4c(c2)C(C)(C)CCC4(C)C)C(C)(C)CCC6(C)C)-c2ccccc2C3(C)C)cc1. The van der Waals surface area contributed by atoms with Crippen LogP contribution in [0.2, 0.25) is 0 Å². The number of anilines is 5. The van der Waals surface area contributed by atoms with Crippen molar-refractivity contribution in [2.75, 3.05) is 10.2 Å². The first kappa shape index (κ1) is 42.6. The molecule has 2 aromatic heterocycles. The number of benzene rings is 7. The smallest absolute Gasteiger partial charge is 0.247 e. The molecule has 1 radical (unpaired) electrons. The number of furan rings is 2. The maximum Gasteiger partial charge on any atom is 0.247 e. The average molecular weight is 902 g/mol. The third-order valence-corrected chi connectivity index (χ3v) is 17.5. The van der Waals surface area contributed by atoms with Crippen LogP contribution in [0.5, 0.6) is 0 Å².